The minimum atomic E-state index is 0.539. The van der Waals surface area contributed by atoms with Gasteiger partial charge in [-0.15, -0.1) is 0 Å². The third kappa shape index (κ3) is 6.43. The fourth-order valence-corrected chi connectivity index (χ4v) is 8.07. The second-order valence-corrected chi connectivity index (χ2v) is 13.5. The number of piperidine rings is 3. The number of anilines is 1. The monoisotopic (exact) mass is 601 g/mol. The molecule has 4 aliphatic heterocycles. The van der Waals surface area contributed by atoms with Crippen LogP contribution in [-0.4, -0.2) is 66.2 Å². The van der Waals surface area contributed by atoms with Gasteiger partial charge in [0.15, 0.2) is 0 Å². The molecule has 6 nitrogen and oxygen atoms in total. The zero-order valence-corrected chi connectivity index (χ0v) is 26.4. The summed E-state index contributed by atoms with van der Waals surface area (Å²) in [6.07, 6.45) is 14.3. The second kappa shape index (κ2) is 13.5. The molecule has 4 aliphatic rings. The molecule has 1 aromatic heterocycles. The van der Waals surface area contributed by atoms with Crippen molar-refractivity contribution in [3.8, 4) is 5.75 Å². The lowest BCUT2D eigenvalue weighted by molar-refractivity contribution is 0.103. The fourth-order valence-electron chi connectivity index (χ4n) is 7.95. The van der Waals surface area contributed by atoms with Crippen LogP contribution in [0.5, 0.6) is 5.75 Å². The molecule has 0 saturated carbocycles. The zero-order valence-electron chi connectivity index (χ0n) is 25.7. The quantitative estimate of drug-likeness (QED) is 0.265. The number of aryl methyl sites for hydroxylation is 1. The molecule has 0 radical (unpaired) electrons. The van der Waals surface area contributed by atoms with Gasteiger partial charge >= 0.3 is 0 Å². The topological polar surface area (TPSA) is 35.9 Å². The Morgan fingerprint density at radius 3 is 2.44 bits per heavy atom. The van der Waals surface area contributed by atoms with Crippen LogP contribution in [0.15, 0.2) is 60.4 Å². The number of aromatic nitrogens is 1. The molecule has 7 rings (SSSR count). The Morgan fingerprint density at radius 2 is 1.70 bits per heavy atom. The number of hydrogen-bond acceptors (Lipinski definition) is 5. The maximum absolute atomic E-state index is 6.48. The molecule has 2 aromatic carbocycles. The van der Waals surface area contributed by atoms with E-state index in [2.05, 4.69) is 54.9 Å². The maximum Gasteiger partial charge on any atom is 0.130 e. The van der Waals surface area contributed by atoms with Crippen LogP contribution in [0, 0.1) is 5.92 Å². The molecule has 0 spiro atoms. The Kier molecular flexibility index (Phi) is 9.15. The number of benzene rings is 2. The summed E-state index contributed by atoms with van der Waals surface area (Å²) in [6, 6.07) is 17.5. The molecule has 3 saturated heterocycles. The van der Waals surface area contributed by atoms with Gasteiger partial charge in [0.1, 0.15) is 18.2 Å². The fraction of sp³-hybridized carbons (Fsp3) is 0.556. The predicted molar refractivity (Wildman–Crippen MR) is 178 cm³/mol. The highest BCUT2D eigenvalue weighted by Gasteiger charge is 2.34. The van der Waals surface area contributed by atoms with Crippen LogP contribution in [-0.2, 0) is 13.2 Å². The summed E-state index contributed by atoms with van der Waals surface area (Å²) in [4.78, 5) is 8.00. The first kappa shape index (κ1) is 29.1. The van der Waals surface area contributed by atoms with Gasteiger partial charge in [-0.3, -0.25) is 0 Å². The van der Waals surface area contributed by atoms with Crippen molar-refractivity contribution in [1.82, 2.24) is 19.7 Å². The average molecular weight is 602 g/mol. The van der Waals surface area contributed by atoms with Crippen LogP contribution in [0.1, 0.15) is 63.5 Å². The standard InChI is InChI=1S/C36H48ClN5O/c37-29-12-14-31(15-13-29)43-27-34-36(32-10-2-3-11-33(32)41(34)22-7-9-28-8-6-19-38-26-28)42-25-18-35(42)40-23-16-30(17-24-40)39-20-4-1-5-21-39/h2-3,10-15,18,28,30,38H,1,4-9,16-17,19-27H2/t28-/m0/s1. The number of nitrogens with zero attached hydrogens (tertiary/aromatic N) is 4. The smallest absolute Gasteiger partial charge is 0.130 e. The second-order valence-electron chi connectivity index (χ2n) is 13.0. The third-order valence-corrected chi connectivity index (χ3v) is 10.6. The van der Waals surface area contributed by atoms with Crippen LogP contribution >= 0.6 is 11.6 Å². The molecule has 3 fully saturated rings. The van der Waals surface area contributed by atoms with Crippen LogP contribution in [0.2, 0.25) is 5.02 Å². The molecule has 1 atom stereocenters. The minimum absolute atomic E-state index is 0.539. The number of likely N-dealkylation sites (tertiary alicyclic amines) is 2. The first-order valence-electron chi connectivity index (χ1n) is 16.9. The minimum Gasteiger partial charge on any atom is -0.487 e. The Bertz CT molecular complexity index is 1380. The van der Waals surface area contributed by atoms with E-state index >= 15 is 0 Å². The Morgan fingerprint density at radius 1 is 0.884 bits per heavy atom. The molecule has 3 aromatic rings. The number of rotatable bonds is 10. The van der Waals surface area contributed by atoms with E-state index in [0.29, 0.717) is 6.61 Å². The van der Waals surface area contributed by atoms with Gasteiger partial charge in [0.05, 0.1) is 16.9 Å². The molecule has 230 valence electrons. The number of halogens is 1. The van der Waals surface area contributed by atoms with E-state index in [9.17, 15) is 0 Å². The molecule has 0 bridgehead atoms. The van der Waals surface area contributed by atoms with E-state index in [1.807, 2.05) is 24.3 Å². The molecule has 43 heavy (non-hydrogen) atoms. The molecule has 1 N–H and O–H groups in total. The molecule has 5 heterocycles. The van der Waals surface area contributed by atoms with E-state index in [1.165, 1.54) is 112 Å². The number of fused-ring (bicyclic) bond motifs is 1. The van der Waals surface area contributed by atoms with Crippen LogP contribution in [0.4, 0.5) is 5.69 Å². The summed E-state index contributed by atoms with van der Waals surface area (Å²) in [5, 5.41) is 5.68. The van der Waals surface area contributed by atoms with Crippen LogP contribution in [0.25, 0.3) is 10.9 Å². The average Bonchev–Trinajstić information content (AvgIpc) is 3.34. The summed E-state index contributed by atoms with van der Waals surface area (Å²) < 4.78 is 9.05. The largest absolute Gasteiger partial charge is 0.487 e. The van der Waals surface area contributed by atoms with Gasteiger partial charge in [0.25, 0.3) is 0 Å². The van der Waals surface area contributed by atoms with Gasteiger partial charge in [-0.25, -0.2) is 0 Å². The molecular weight excluding hydrogens is 554 g/mol. The van der Waals surface area contributed by atoms with Crippen molar-refractivity contribution in [3.63, 3.8) is 0 Å². The van der Waals surface area contributed by atoms with Crippen molar-refractivity contribution in [3.05, 3.63) is 71.1 Å². The highest BCUT2D eigenvalue weighted by molar-refractivity contribution is 6.30. The maximum atomic E-state index is 6.48. The normalized spacial score (nSPS) is 22.1. The van der Waals surface area contributed by atoms with E-state index in [-0.39, 0.29) is 0 Å². The highest BCUT2D eigenvalue weighted by atomic mass is 35.5. The Balaban J connectivity index is 1.13. The van der Waals surface area contributed by atoms with Gasteiger partial charge < -0.3 is 29.3 Å². The number of ether oxygens (including phenoxy) is 1. The van der Waals surface area contributed by atoms with Gasteiger partial charge in [-0.2, -0.15) is 0 Å². The van der Waals surface area contributed by atoms with Crippen LogP contribution in [0.3, 0.4) is 0 Å². The van der Waals surface area contributed by atoms with Gasteiger partial charge in [-0.05, 0) is 120 Å². The number of nitrogens with one attached hydrogen (secondary N) is 1. The molecule has 0 aliphatic carbocycles. The van der Waals surface area contributed by atoms with E-state index in [4.69, 9.17) is 16.3 Å². The Labute approximate surface area is 262 Å². The third-order valence-electron chi connectivity index (χ3n) is 10.3. The summed E-state index contributed by atoms with van der Waals surface area (Å²) in [5.74, 6) is 3.04. The zero-order chi connectivity index (χ0) is 29.0. The van der Waals surface area contributed by atoms with Crippen LogP contribution < -0.4 is 15.0 Å². The van der Waals surface area contributed by atoms with Crippen molar-refractivity contribution in [2.45, 2.75) is 77.0 Å². The van der Waals surface area contributed by atoms with Crippen molar-refractivity contribution in [1.29, 1.82) is 0 Å². The van der Waals surface area contributed by atoms with E-state index < -0.39 is 0 Å². The lowest BCUT2D eigenvalue weighted by Gasteiger charge is -2.46. The van der Waals surface area contributed by atoms with E-state index in [1.54, 1.807) is 0 Å². The van der Waals surface area contributed by atoms with Crippen molar-refractivity contribution in [2.75, 3.05) is 50.7 Å². The van der Waals surface area contributed by atoms with Crippen molar-refractivity contribution in [2.24, 2.45) is 5.92 Å². The van der Waals surface area contributed by atoms with Crippen molar-refractivity contribution < 1.29 is 4.74 Å². The van der Waals surface area contributed by atoms with Gasteiger partial charge in [0, 0.05) is 42.6 Å². The summed E-state index contributed by atoms with van der Waals surface area (Å²) >= 11 is 6.18. The number of hydrogen-bond donors (Lipinski definition) is 1. The van der Waals surface area contributed by atoms with Gasteiger partial charge in [0.2, 0.25) is 0 Å². The molecular formula is C36H48ClN5O. The molecule has 0 amide bonds. The highest BCUT2D eigenvalue weighted by Crippen LogP contribution is 2.41. The number of para-hydroxylation sites is 1. The summed E-state index contributed by atoms with van der Waals surface area (Å²) in [5.41, 5.74) is 3.94. The first-order valence-corrected chi connectivity index (χ1v) is 17.3. The molecule has 0 unspecified atom stereocenters. The van der Waals surface area contributed by atoms with Crippen molar-refractivity contribution >= 4 is 28.2 Å². The predicted octanol–water partition coefficient (Wildman–Crippen LogP) is 7.27. The summed E-state index contributed by atoms with van der Waals surface area (Å²) in [6.45, 7) is 9.75. The lowest BCUT2D eigenvalue weighted by Crippen LogP contribution is -2.50. The SMILES string of the molecule is Clc1ccc(OCc2c(N3CC=C3N3CCC(N4CCCCC4)CC3)c3ccccc3n2CCC[C@@H]2CCCNC2)cc1. The lowest BCUT2D eigenvalue weighted by atomic mass is 9.95. The van der Waals surface area contributed by atoms with Gasteiger partial charge in [-0.1, -0.05) is 36.2 Å². The summed E-state index contributed by atoms with van der Waals surface area (Å²) in [7, 11) is 0. The first-order chi connectivity index (χ1) is 21.2. The van der Waals surface area contributed by atoms with E-state index in [0.717, 1.165) is 48.9 Å². The Hall–Kier alpha value is -2.67. The molecule has 7 heteroatoms.